The highest BCUT2D eigenvalue weighted by molar-refractivity contribution is 5.34. The van der Waals surface area contributed by atoms with Crippen LogP contribution in [0.2, 0.25) is 0 Å². The van der Waals surface area contributed by atoms with Gasteiger partial charge in [-0.25, -0.2) is 10.1 Å². The van der Waals surface area contributed by atoms with E-state index in [2.05, 4.69) is 0 Å². The standard InChI is InChI=1S/C13H20N4O6/c1-5-10(6-2)14(17(22)23)12-8-13(4,16(20)21)9(3)7-11(12)15(18)19/h7,10H,5-6,8H2,1-4H3. The van der Waals surface area contributed by atoms with Gasteiger partial charge < -0.3 is 0 Å². The van der Waals surface area contributed by atoms with Crippen LogP contribution >= 0.6 is 0 Å². The molecule has 0 fully saturated rings. The number of allylic oxidation sites excluding steroid dienone is 1. The van der Waals surface area contributed by atoms with Gasteiger partial charge in [-0.15, -0.1) is 0 Å². The van der Waals surface area contributed by atoms with Crippen molar-refractivity contribution in [2.45, 2.75) is 58.5 Å². The maximum atomic E-state index is 11.5. The lowest BCUT2D eigenvalue weighted by molar-refractivity contribution is -0.657. The molecule has 10 heteroatoms. The van der Waals surface area contributed by atoms with Gasteiger partial charge in [0.25, 0.3) is 5.70 Å². The van der Waals surface area contributed by atoms with E-state index in [1.165, 1.54) is 13.8 Å². The summed E-state index contributed by atoms with van der Waals surface area (Å²) in [4.78, 5) is 32.9. The maximum absolute atomic E-state index is 11.5. The molecule has 1 rings (SSSR count). The molecule has 0 aromatic rings. The Bertz CT molecular complexity index is 595. The van der Waals surface area contributed by atoms with Crippen molar-refractivity contribution in [2.75, 3.05) is 0 Å². The highest BCUT2D eigenvalue weighted by atomic mass is 16.7. The Morgan fingerprint density at radius 2 is 1.74 bits per heavy atom. The number of rotatable bonds is 7. The second-order valence-corrected chi connectivity index (χ2v) is 5.68. The molecule has 0 heterocycles. The van der Waals surface area contributed by atoms with Crippen molar-refractivity contribution in [2.24, 2.45) is 0 Å². The largest absolute Gasteiger partial charge is 0.294 e. The van der Waals surface area contributed by atoms with Gasteiger partial charge in [0, 0.05) is 23.5 Å². The molecular formula is C13H20N4O6. The quantitative estimate of drug-likeness (QED) is 0.518. The smallest absolute Gasteiger partial charge is 0.264 e. The molecule has 0 spiro atoms. The van der Waals surface area contributed by atoms with Crippen LogP contribution in [-0.4, -0.2) is 31.5 Å². The Morgan fingerprint density at radius 1 is 1.22 bits per heavy atom. The van der Waals surface area contributed by atoms with Crippen molar-refractivity contribution in [1.82, 2.24) is 5.01 Å². The number of hydrogen-bond donors (Lipinski definition) is 0. The number of hydrogen-bond acceptors (Lipinski definition) is 6. The van der Waals surface area contributed by atoms with E-state index in [1.807, 2.05) is 0 Å². The summed E-state index contributed by atoms with van der Waals surface area (Å²) in [5, 5.41) is 34.2. The maximum Gasteiger partial charge on any atom is 0.294 e. The fraction of sp³-hybridized carbons (Fsp3) is 0.692. The van der Waals surface area contributed by atoms with Crippen LogP contribution in [0.1, 0.15) is 47.0 Å². The zero-order valence-electron chi connectivity index (χ0n) is 13.5. The van der Waals surface area contributed by atoms with Crippen LogP contribution in [0.3, 0.4) is 0 Å². The van der Waals surface area contributed by atoms with Gasteiger partial charge in [0.05, 0.1) is 17.4 Å². The lowest BCUT2D eigenvalue weighted by atomic mass is 9.83. The summed E-state index contributed by atoms with van der Waals surface area (Å²) < 4.78 is 0. The van der Waals surface area contributed by atoms with Crippen LogP contribution in [0.5, 0.6) is 0 Å². The van der Waals surface area contributed by atoms with Gasteiger partial charge in [-0.3, -0.25) is 20.2 Å². The van der Waals surface area contributed by atoms with Crippen LogP contribution in [-0.2, 0) is 0 Å². The molecule has 10 nitrogen and oxygen atoms in total. The van der Waals surface area contributed by atoms with Crippen molar-refractivity contribution < 1.29 is 14.9 Å². The third-order valence-electron chi connectivity index (χ3n) is 4.35. The van der Waals surface area contributed by atoms with Gasteiger partial charge in [-0.1, -0.05) is 18.9 Å². The van der Waals surface area contributed by atoms with Gasteiger partial charge >= 0.3 is 0 Å². The van der Waals surface area contributed by atoms with E-state index in [1.54, 1.807) is 13.8 Å². The Hall–Kier alpha value is -2.52. The first kappa shape index (κ1) is 18.5. The van der Waals surface area contributed by atoms with E-state index in [4.69, 9.17) is 0 Å². The highest BCUT2D eigenvalue weighted by Crippen LogP contribution is 2.37. The summed E-state index contributed by atoms with van der Waals surface area (Å²) in [6.07, 6.45) is 1.46. The zero-order valence-corrected chi connectivity index (χ0v) is 13.5. The summed E-state index contributed by atoms with van der Waals surface area (Å²) >= 11 is 0. The summed E-state index contributed by atoms with van der Waals surface area (Å²) in [5.41, 5.74) is -2.08. The minimum atomic E-state index is -1.60. The molecule has 0 radical (unpaired) electrons. The minimum absolute atomic E-state index is 0.200. The Balaban J connectivity index is 3.57. The second kappa shape index (κ2) is 6.71. The van der Waals surface area contributed by atoms with Gasteiger partial charge in [0.2, 0.25) is 5.54 Å². The van der Waals surface area contributed by atoms with Crippen LogP contribution in [0.4, 0.5) is 0 Å². The van der Waals surface area contributed by atoms with Crippen molar-refractivity contribution in [1.29, 1.82) is 0 Å². The van der Waals surface area contributed by atoms with Gasteiger partial charge in [0.15, 0.2) is 10.7 Å². The first-order valence-corrected chi connectivity index (χ1v) is 7.24. The van der Waals surface area contributed by atoms with Crippen molar-refractivity contribution >= 4 is 0 Å². The van der Waals surface area contributed by atoms with E-state index >= 15 is 0 Å². The fourth-order valence-corrected chi connectivity index (χ4v) is 2.65. The van der Waals surface area contributed by atoms with Gasteiger partial charge in [-0.05, 0) is 19.8 Å². The average molecular weight is 328 g/mol. The van der Waals surface area contributed by atoms with Crippen LogP contribution < -0.4 is 0 Å². The summed E-state index contributed by atoms with van der Waals surface area (Å²) in [7, 11) is 0. The Labute approximate surface area is 132 Å². The van der Waals surface area contributed by atoms with E-state index in [-0.39, 0.29) is 11.3 Å². The molecule has 0 amide bonds. The van der Waals surface area contributed by atoms with E-state index < -0.39 is 38.6 Å². The molecule has 1 aliphatic rings. The first-order chi connectivity index (χ1) is 10.6. The Morgan fingerprint density at radius 3 is 2.09 bits per heavy atom. The van der Waals surface area contributed by atoms with Crippen molar-refractivity contribution in [3.8, 4) is 0 Å². The molecule has 1 aliphatic carbocycles. The predicted molar refractivity (Wildman–Crippen MR) is 81.0 cm³/mol. The lowest BCUT2D eigenvalue weighted by Crippen LogP contribution is -2.46. The number of hydrazine groups is 1. The van der Waals surface area contributed by atoms with E-state index in [9.17, 15) is 30.3 Å². The van der Waals surface area contributed by atoms with Gasteiger partial charge in [0.1, 0.15) is 0 Å². The molecule has 1 unspecified atom stereocenters. The van der Waals surface area contributed by atoms with Crippen LogP contribution in [0.25, 0.3) is 0 Å². The molecule has 1 atom stereocenters. The minimum Gasteiger partial charge on any atom is -0.264 e. The van der Waals surface area contributed by atoms with Crippen LogP contribution in [0.15, 0.2) is 23.0 Å². The van der Waals surface area contributed by atoms with Crippen molar-refractivity contribution in [3.63, 3.8) is 0 Å². The first-order valence-electron chi connectivity index (χ1n) is 7.24. The third kappa shape index (κ3) is 3.30. The third-order valence-corrected chi connectivity index (χ3v) is 4.35. The summed E-state index contributed by atoms with van der Waals surface area (Å²) in [6, 6.07) is -0.572. The normalized spacial score (nSPS) is 21.2. The number of nitro groups is 3. The summed E-state index contributed by atoms with van der Waals surface area (Å²) in [5.74, 6) is 0. The zero-order chi connectivity index (χ0) is 17.9. The number of nitrogens with zero attached hydrogens (tertiary/aromatic N) is 4. The molecule has 0 aromatic carbocycles. The Kier molecular flexibility index (Phi) is 5.41. The topological polar surface area (TPSA) is 133 Å². The monoisotopic (exact) mass is 328 g/mol. The SMILES string of the molecule is CCC(CC)N(C1=C([N+](=O)[O-])C=C(C)C(C)([N+](=O)[O-])C1)[N+](=O)[O-]. The molecule has 128 valence electrons. The summed E-state index contributed by atoms with van der Waals surface area (Å²) in [6.45, 7) is 6.21. The average Bonchev–Trinajstić information content (AvgIpc) is 2.46. The van der Waals surface area contributed by atoms with Crippen molar-refractivity contribution in [3.05, 3.63) is 53.4 Å². The predicted octanol–water partition coefficient (Wildman–Crippen LogP) is 2.54. The second-order valence-electron chi connectivity index (χ2n) is 5.68. The highest BCUT2D eigenvalue weighted by Gasteiger charge is 2.50. The van der Waals surface area contributed by atoms with E-state index in [0.29, 0.717) is 12.8 Å². The molecule has 0 N–H and O–H groups in total. The molecule has 0 saturated carbocycles. The lowest BCUT2D eigenvalue weighted by Gasteiger charge is -2.30. The van der Waals surface area contributed by atoms with Gasteiger partial charge in [-0.2, -0.15) is 0 Å². The molecular weight excluding hydrogens is 308 g/mol. The fourth-order valence-electron chi connectivity index (χ4n) is 2.65. The molecule has 0 aromatic heterocycles. The molecule has 23 heavy (non-hydrogen) atoms. The molecule has 0 aliphatic heterocycles. The molecule has 0 bridgehead atoms. The molecule has 0 saturated heterocycles. The van der Waals surface area contributed by atoms with Crippen LogP contribution in [0, 0.1) is 30.3 Å². The van der Waals surface area contributed by atoms with E-state index in [0.717, 1.165) is 11.1 Å².